The number of nitrogens with zero attached hydrogens (tertiary/aromatic N) is 1. The van der Waals surface area contributed by atoms with E-state index >= 15 is 0 Å². The summed E-state index contributed by atoms with van der Waals surface area (Å²) < 4.78 is 19.1. The molecule has 3 nitrogen and oxygen atoms in total. The third kappa shape index (κ3) is 4.31. The Labute approximate surface area is 152 Å². The van der Waals surface area contributed by atoms with Gasteiger partial charge in [0.2, 0.25) is 0 Å². The van der Waals surface area contributed by atoms with Gasteiger partial charge >= 0.3 is 0 Å². The standard InChI is InChI=1S/C20H21ClFNO2/c1-14(25-19-10-3-2-9-18(19)21)20(24)23-11-5-8-17(23)13-15-6-4-7-16(22)12-15/h2-4,6-7,9-10,12,14,17H,5,8,11,13H2,1H3. The van der Waals surface area contributed by atoms with Crippen LogP contribution in [0.3, 0.4) is 0 Å². The zero-order valence-electron chi connectivity index (χ0n) is 14.1. The van der Waals surface area contributed by atoms with Crippen LogP contribution in [-0.2, 0) is 11.2 Å². The molecule has 0 spiro atoms. The zero-order valence-corrected chi connectivity index (χ0v) is 14.9. The zero-order chi connectivity index (χ0) is 17.8. The number of halogens is 2. The van der Waals surface area contributed by atoms with Gasteiger partial charge in [-0.1, -0.05) is 35.9 Å². The van der Waals surface area contributed by atoms with E-state index < -0.39 is 6.10 Å². The Morgan fingerprint density at radius 1 is 1.32 bits per heavy atom. The fourth-order valence-corrected chi connectivity index (χ4v) is 3.47. The maximum Gasteiger partial charge on any atom is 0.263 e. The predicted molar refractivity (Wildman–Crippen MR) is 96.4 cm³/mol. The quantitative estimate of drug-likeness (QED) is 0.785. The van der Waals surface area contributed by atoms with Gasteiger partial charge in [-0.05, 0) is 56.0 Å². The summed E-state index contributed by atoms with van der Waals surface area (Å²) in [7, 11) is 0. The van der Waals surface area contributed by atoms with Crippen molar-refractivity contribution in [3.05, 3.63) is 64.9 Å². The van der Waals surface area contributed by atoms with Gasteiger partial charge in [-0.15, -0.1) is 0 Å². The van der Waals surface area contributed by atoms with Gasteiger partial charge in [-0.25, -0.2) is 4.39 Å². The molecule has 2 aromatic carbocycles. The SMILES string of the molecule is CC(Oc1ccccc1Cl)C(=O)N1CCCC1Cc1cccc(F)c1. The van der Waals surface area contributed by atoms with Gasteiger partial charge in [-0.2, -0.15) is 0 Å². The second kappa shape index (κ2) is 7.87. The third-order valence-electron chi connectivity index (χ3n) is 4.51. The van der Waals surface area contributed by atoms with Crippen LogP contribution in [0, 0.1) is 5.82 Å². The predicted octanol–water partition coefficient (Wildman–Crippen LogP) is 4.48. The van der Waals surface area contributed by atoms with Crippen LogP contribution in [-0.4, -0.2) is 29.5 Å². The fourth-order valence-electron chi connectivity index (χ4n) is 3.29. The first kappa shape index (κ1) is 17.7. The number of carbonyl (C=O) groups is 1. The summed E-state index contributed by atoms with van der Waals surface area (Å²) in [5.74, 6) is 0.202. The molecule has 1 aliphatic heterocycles. The van der Waals surface area contributed by atoms with Crippen molar-refractivity contribution in [1.82, 2.24) is 4.90 Å². The molecule has 0 saturated carbocycles. The number of likely N-dealkylation sites (tertiary alicyclic amines) is 1. The number of hydrogen-bond acceptors (Lipinski definition) is 2. The Morgan fingerprint density at radius 2 is 2.12 bits per heavy atom. The molecule has 0 radical (unpaired) electrons. The lowest BCUT2D eigenvalue weighted by molar-refractivity contribution is -0.138. The third-order valence-corrected chi connectivity index (χ3v) is 4.82. The molecule has 1 fully saturated rings. The molecule has 2 atom stereocenters. The van der Waals surface area contributed by atoms with Gasteiger partial charge in [0.1, 0.15) is 11.6 Å². The number of para-hydroxylation sites is 1. The van der Waals surface area contributed by atoms with Gasteiger partial charge < -0.3 is 9.64 Å². The van der Waals surface area contributed by atoms with Crippen LogP contribution in [0.25, 0.3) is 0 Å². The van der Waals surface area contributed by atoms with Crippen LogP contribution in [0.1, 0.15) is 25.3 Å². The normalized spacial score (nSPS) is 18.2. The monoisotopic (exact) mass is 361 g/mol. The van der Waals surface area contributed by atoms with Crippen molar-refractivity contribution in [3.63, 3.8) is 0 Å². The van der Waals surface area contributed by atoms with Gasteiger partial charge in [-0.3, -0.25) is 4.79 Å². The molecule has 2 unspecified atom stereocenters. The highest BCUT2D eigenvalue weighted by Crippen LogP contribution is 2.27. The van der Waals surface area contributed by atoms with Crippen LogP contribution in [0.4, 0.5) is 4.39 Å². The van der Waals surface area contributed by atoms with E-state index in [2.05, 4.69) is 0 Å². The van der Waals surface area contributed by atoms with E-state index in [0.717, 1.165) is 18.4 Å². The molecule has 0 aliphatic carbocycles. The average Bonchev–Trinajstić information content (AvgIpc) is 3.04. The van der Waals surface area contributed by atoms with Crippen molar-refractivity contribution in [2.45, 2.75) is 38.3 Å². The molecule has 0 bridgehead atoms. The molecular formula is C20H21ClFNO2. The summed E-state index contributed by atoms with van der Waals surface area (Å²) in [5, 5.41) is 0.486. The Balaban J connectivity index is 1.66. The molecule has 5 heteroatoms. The fraction of sp³-hybridized carbons (Fsp3) is 0.350. The van der Waals surface area contributed by atoms with Gasteiger partial charge in [0.15, 0.2) is 6.10 Å². The molecule has 1 saturated heterocycles. The first-order valence-corrected chi connectivity index (χ1v) is 8.88. The molecule has 0 N–H and O–H groups in total. The smallest absolute Gasteiger partial charge is 0.263 e. The van der Waals surface area contributed by atoms with Crippen LogP contribution in [0.5, 0.6) is 5.75 Å². The minimum atomic E-state index is -0.618. The Kier molecular flexibility index (Phi) is 5.59. The highest BCUT2D eigenvalue weighted by Gasteiger charge is 2.32. The second-order valence-electron chi connectivity index (χ2n) is 6.35. The van der Waals surface area contributed by atoms with Crippen LogP contribution in [0.15, 0.2) is 48.5 Å². The Bertz CT molecular complexity index is 752. The number of rotatable bonds is 5. The summed E-state index contributed by atoms with van der Waals surface area (Å²) in [4.78, 5) is 14.7. The number of benzene rings is 2. The van der Waals surface area contributed by atoms with Crippen molar-refractivity contribution in [2.75, 3.05) is 6.54 Å². The minimum absolute atomic E-state index is 0.0566. The molecule has 1 heterocycles. The van der Waals surface area contributed by atoms with Crippen molar-refractivity contribution in [2.24, 2.45) is 0 Å². The largest absolute Gasteiger partial charge is 0.479 e. The van der Waals surface area contributed by atoms with E-state index in [1.54, 1.807) is 25.1 Å². The molecule has 3 rings (SSSR count). The highest BCUT2D eigenvalue weighted by atomic mass is 35.5. The average molecular weight is 362 g/mol. The number of hydrogen-bond donors (Lipinski definition) is 0. The number of ether oxygens (including phenoxy) is 1. The maximum atomic E-state index is 13.4. The topological polar surface area (TPSA) is 29.5 Å². The first-order valence-electron chi connectivity index (χ1n) is 8.50. The summed E-state index contributed by atoms with van der Waals surface area (Å²) in [6.07, 6.45) is 1.90. The van der Waals surface area contributed by atoms with Crippen molar-refractivity contribution >= 4 is 17.5 Å². The van der Waals surface area contributed by atoms with E-state index in [1.807, 2.05) is 23.1 Å². The summed E-state index contributed by atoms with van der Waals surface area (Å²) in [6, 6.07) is 13.8. The van der Waals surface area contributed by atoms with E-state index in [4.69, 9.17) is 16.3 Å². The van der Waals surface area contributed by atoms with Crippen LogP contribution >= 0.6 is 11.6 Å². The molecule has 1 aliphatic rings. The van der Waals surface area contributed by atoms with Crippen molar-refractivity contribution < 1.29 is 13.9 Å². The second-order valence-corrected chi connectivity index (χ2v) is 6.76. The lowest BCUT2D eigenvalue weighted by Crippen LogP contribution is -2.44. The molecule has 25 heavy (non-hydrogen) atoms. The summed E-state index contributed by atoms with van der Waals surface area (Å²) in [6.45, 7) is 2.44. The van der Waals surface area contributed by atoms with Gasteiger partial charge in [0.25, 0.3) is 5.91 Å². The molecule has 1 amide bonds. The lowest BCUT2D eigenvalue weighted by atomic mass is 10.0. The maximum absolute atomic E-state index is 13.4. The molecule has 0 aromatic heterocycles. The molecule has 132 valence electrons. The number of carbonyl (C=O) groups excluding carboxylic acids is 1. The molecule has 2 aromatic rings. The van der Waals surface area contributed by atoms with E-state index in [0.29, 0.717) is 23.7 Å². The van der Waals surface area contributed by atoms with E-state index in [-0.39, 0.29) is 17.8 Å². The lowest BCUT2D eigenvalue weighted by Gasteiger charge is -2.28. The van der Waals surface area contributed by atoms with Gasteiger partial charge in [0.05, 0.1) is 5.02 Å². The molecular weight excluding hydrogens is 341 g/mol. The number of amides is 1. The van der Waals surface area contributed by atoms with Crippen molar-refractivity contribution in [1.29, 1.82) is 0 Å². The van der Waals surface area contributed by atoms with Crippen molar-refractivity contribution in [3.8, 4) is 5.75 Å². The van der Waals surface area contributed by atoms with E-state index in [1.165, 1.54) is 12.1 Å². The summed E-state index contributed by atoms with van der Waals surface area (Å²) >= 11 is 6.10. The first-order chi connectivity index (χ1) is 12.0. The van der Waals surface area contributed by atoms with Gasteiger partial charge in [0, 0.05) is 12.6 Å². The van der Waals surface area contributed by atoms with Crippen LogP contribution in [0.2, 0.25) is 5.02 Å². The highest BCUT2D eigenvalue weighted by molar-refractivity contribution is 6.32. The Hall–Kier alpha value is -2.07. The summed E-state index contributed by atoms with van der Waals surface area (Å²) in [5.41, 5.74) is 0.907. The minimum Gasteiger partial charge on any atom is -0.479 e. The van der Waals surface area contributed by atoms with E-state index in [9.17, 15) is 9.18 Å². The Morgan fingerprint density at radius 3 is 2.88 bits per heavy atom. The van der Waals surface area contributed by atoms with Crippen LogP contribution < -0.4 is 4.74 Å².